The number of thiazole rings is 1. The Hall–Kier alpha value is -1.68. The Morgan fingerprint density at radius 1 is 1.30 bits per heavy atom. The molecule has 0 radical (unpaired) electrons. The standard InChI is InChI=1S/C20H33N3O5S2/c1-14(2)10-11-23(16-8-6-15(3)7-9-16)20(26)22-19-21-13-18(29-19)30(27,28)12-4-5-17(24)25/h13-16H,4-12H2,1-3H3,(H,24,25)(H,21,22,26). The predicted molar refractivity (Wildman–Crippen MR) is 118 cm³/mol. The maximum atomic E-state index is 13.0. The zero-order valence-corrected chi connectivity index (χ0v) is 19.6. The number of amides is 2. The molecule has 1 aliphatic carbocycles. The second-order valence-electron chi connectivity index (χ2n) is 8.52. The van der Waals surface area contributed by atoms with E-state index < -0.39 is 15.8 Å². The highest BCUT2D eigenvalue weighted by Gasteiger charge is 2.28. The van der Waals surface area contributed by atoms with E-state index in [1.165, 1.54) is 6.20 Å². The summed E-state index contributed by atoms with van der Waals surface area (Å²) in [5.41, 5.74) is 0. The zero-order chi connectivity index (χ0) is 22.3. The maximum Gasteiger partial charge on any atom is 0.323 e. The quantitative estimate of drug-likeness (QED) is 0.540. The lowest BCUT2D eigenvalue weighted by molar-refractivity contribution is -0.137. The summed E-state index contributed by atoms with van der Waals surface area (Å²) in [6, 6.07) is -0.0430. The molecule has 0 spiro atoms. The lowest BCUT2D eigenvalue weighted by Gasteiger charge is -2.36. The van der Waals surface area contributed by atoms with Gasteiger partial charge < -0.3 is 10.0 Å². The van der Waals surface area contributed by atoms with Crippen molar-refractivity contribution >= 4 is 38.3 Å². The highest BCUT2D eigenvalue weighted by molar-refractivity contribution is 7.93. The minimum Gasteiger partial charge on any atom is -0.481 e. The molecule has 30 heavy (non-hydrogen) atoms. The summed E-state index contributed by atoms with van der Waals surface area (Å²) in [6.45, 7) is 7.15. The van der Waals surface area contributed by atoms with Crippen LogP contribution in [0.1, 0.15) is 65.7 Å². The number of anilines is 1. The lowest BCUT2D eigenvalue weighted by Crippen LogP contribution is -2.45. The Kier molecular flexibility index (Phi) is 9.09. The van der Waals surface area contributed by atoms with Crippen LogP contribution in [0.25, 0.3) is 0 Å². The van der Waals surface area contributed by atoms with Gasteiger partial charge in [-0.3, -0.25) is 10.1 Å². The third kappa shape index (κ3) is 7.54. The fraction of sp³-hybridized carbons (Fsp3) is 0.750. The molecule has 8 nitrogen and oxygen atoms in total. The van der Waals surface area contributed by atoms with Gasteiger partial charge in [0.25, 0.3) is 0 Å². The Morgan fingerprint density at radius 2 is 1.97 bits per heavy atom. The van der Waals surface area contributed by atoms with Crippen LogP contribution in [0.5, 0.6) is 0 Å². The summed E-state index contributed by atoms with van der Waals surface area (Å²) < 4.78 is 24.8. The van der Waals surface area contributed by atoms with Crippen LogP contribution in [0.4, 0.5) is 9.93 Å². The number of carbonyl (C=O) groups is 2. The normalized spacial score (nSPS) is 19.6. The first-order valence-electron chi connectivity index (χ1n) is 10.6. The largest absolute Gasteiger partial charge is 0.481 e. The second kappa shape index (κ2) is 11.1. The number of nitrogens with one attached hydrogen (secondary N) is 1. The topological polar surface area (TPSA) is 117 Å². The predicted octanol–water partition coefficient (Wildman–Crippen LogP) is 4.24. The fourth-order valence-corrected chi connectivity index (χ4v) is 6.01. The van der Waals surface area contributed by atoms with Crippen molar-refractivity contribution in [2.75, 3.05) is 17.6 Å². The minimum absolute atomic E-state index is 0.0420. The number of carboxylic acid groups (broad SMARTS) is 1. The van der Waals surface area contributed by atoms with Crippen LogP contribution in [0.2, 0.25) is 0 Å². The van der Waals surface area contributed by atoms with E-state index >= 15 is 0 Å². The Morgan fingerprint density at radius 3 is 2.57 bits per heavy atom. The molecule has 10 heteroatoms. The Balaban J connectivity index is 2.03. The number of urea groups is 1. The number of carboxylic acids is 1. The third-order valence-corrected chi connectivity index (χ3v) is 8.71. The lowest BCUT2D eigenvalue weighted by atomic mass is 9.86. The number of aromatic nitrogens is 1. The molecule has 1 aromatic rings. The van der Waals surface area contributed by atoms with Gasteiger partial charge in [-0.2, -0.15) is 0 Å². The van der Waals surface area contributed by atoms with Gasteiger partial charge in [-0.1, -0.05) is 32.1 Å². The van der Waals surface area contributed by atoms with E-state index in [-0.39, 0.29) is 40.0 Å². The van der Waals surface area contributed by atoms with E-state index in [2.05, 4.69) is 31.1 Å². The molecule has 0 aliphatic heterocycles. The van der Waals surface area contributed by atoms with Gasteiger partial charge in [0.2, 0.25) is 0 Å². The molecule has 0 unspecified atom stereocenters. The molecule has 1 aromatic heterocycles. The maximum absolute atomic E-state index is 13.0. The molecule has 1 saturated carbocycles. The summed E-state index contributed by atoms with van der Waals surface area (Å²) in [4.78, 5) is 29.5. The van der Waals surface area contributed by atoms with Crippen LogP contribution < -0.4 is 5.32 Å². The smallest absolute Gasteiger partial charge is 0.323 e. The zero-order valence-electron chi connectivity index (χ0n) is 18.0. The third-order valence-electron chi connectivity index (χ3n) is 5.44. The molecule has 0 saturated heterocycles. The summed E-state index contributed by atoms with van der Waals surface area (Å²) in [6.07, 6.45) is 6.14. The van der Waals surface area contributed by atoms with Gasteiger partial charge in [0.1, 0.15) is 4.21 Å². The number of hydrogen-bond donors (Lipinski definition) is 2. The van der Waals surface area contributed by atoms with Crippen molar-refractivity contribution < 1.29 is 23.1 Å². The number of rotatable bonds is 10. The van der Waals surface area contributed by atoms with Crippen molar-refractivity contribution in [1.82, 2.24) is 9.88 Å². The first-order valence-corrected chi connectivity index (χ1v) is 13.0. The molecule has 0 aromatic carbocycles. The number of sulfone groups is 1. The molecule has 1 fully saturated rings. The molecular formula is C20H33N3O5S2. The number of aliphatic carboxylic acids is 1. The first kappa shape index (κ1) is 24.6. The number of hydrogen-bond acceptors (Lipinski definition) is 6. The van der Waals surface area contributed by atoms with E-state index in [9.17, 15) is 18.0 Å². The minimum atomic E-state index is -3.61. The first-order chi connectivity index (χ1) is 14.1. The molecule has 2 rings (SSSR count). The molecule has 1 heterocycles. The van der Waals surface area contributed by atoms with Crippen LogP contribution in [-0.4, -0.2) is 53.7 Å². The van der Waals surface area contributed by atoms with E-state index in [0.29, 0.717) is 18.4 Å². The van der Waals surface area contributed by atoms with Crippen LogP contribution in [0, 0.1) is 11.8 Å². The van der Waals surface area contributed by atoms with Gasteiger partial charge in [0.15, 0.2) is 15.0 Å². The van der Waals surface area contributed by atoms with Crippen molar-refractivity contribution in [3.63, 3.8) is 0 Å². The van der Waals surface area contributed by atoms with Crippen LogP contribution in [0.15, 0.2) is 10.4 Å². The van der Waals surface area contributed by atoms with Gasteiger partial charge in [-0.05, 0) is 50.4 Å². The number of nitrogens with zero attached hydrogens (tertiary/aromatic N) is 2. The van der Waals surface area contributed by atoms with Gasteiger partial charge in [0, 0.05) is 19.0 Å². The summed E-state index contributed by atoms with van der Waals surface area (Å²) >= 11 is 0.911. The second-order valence-corrected chi connectivity index (χ2v) is 11.9. The molecule has 1 aliphatic rings. The SMILES string of the molecule is CC(C)CCN(C(=O)Nc1ncc(S(=O)(=O)CCCC(=O)O)s1)C1CCC(C)CC1. The Bertz CT molecular complexity index is 814. The molecule has 0 bridgehead atoms. The molecule has 0 atom stereocenters. The molecule has 2 amide bonds. The van der Waals surface area contributed by atoms with Crippen molar-refractivity contribution in [3.8, 4) is 0 Å². The molecular weight excluding hydrogens is 426 g/mol. The molecule has 2 N–H and O–H groups in total. The summed E-state index contributed by atoms with van der Waals surface area (Å²) in [5, 5.41) is 11.7. The van der Waals surface area contributed by atoms with Crippen molar-refractivity contribution in [2.45, 2.75) is 76.0 Å². The van der Waals surface area contributed by atoms with Crippen molar-refractivity contribution in [1.29, 1.82) is 0 Å². The van der Waals surface area contributed by atoms with Gasteiger partial charge >= 0.3 is 12.0 Å². The van der Waals surface area contributed by atoms with Gasteiger partial charge in [0.05, 0.1) is 11.9 Å². The fourth-order valence-electron chi connectivity index (χ4n) is 3.54. The van der Waals surface area contributed by atoms with E-state index in [1.807, 2.05) is 4.90 Å². The van der Waals surface area contributed by atoms with Crippen LogP contribution in [-0.2, 0) is 14.6 Å². The summed E-state index contributed by atoms with van der Waals surface area (Å²) in [7, 11) is -3.61. The average Bonchev–Trinajstić information content (AvgIpc) is 3.12. The highest BCUT2D eigenvalue weighted by Crippen LogP contribution is 2.29. The average molecular weight is 460 g/mol. The van der Waals surface area contributed by atoms with Crippen molar-refractivity contribution in [2.24, 2.45) is 11.8 Å². The van der Waals surface area contributed by atoms with Gasteiger partial charge in [-0.25, -0.2) is 18.2 Å². The molecule has 170 valence electrons. The highest BCUT2D eigenvalue weighted by atomic mass is 32.2. The van der Waals surface area contributed by atoms with E-state index in [1.54, 1.807) is 0 Å². The summed E-state index contributed by atoms with van der Waals surface area (Å²) in [5.74, 6) is -0.120. The van der Waals surface area contributed by atoms with E-state index in [4.69, 9.17) is 5.11 Å². The van der Waals surface area contributed by atoms with E-state index in [0.717, 1.165) is 43.4 Å². The van der Waals surface area contributed by atoms with Gasteiger partial charge in [-0.15, -0.1) is 0 Å². The van der Waals surface area contributed by atoms with Crippen LogP contribution in [0.3, 0.4) is 0 Å². The monoisotopic (exact) mass is 459 g/mol. The number of carbonyl (C=O) groups excluding carboxylic acids is 1. The Labute approximate surface area is 183 Å². The van der Waals surface area contributed by atoms with Crippen molar-refractivity contribution in [3.05, 3.63) is 6.20 Å². The van der Waals surface area contributed by atoms with Crippen LogP contribution >= 0.6 is 11.3 Å².